The highest BCUT2D eigenvalue weighted by Crippen LogP contribution is 2.11. The SMILES string of the molecule is CN(C)c1ccc(/C=N\Nc2ccc3nnnn3n2)cc1. The molecule has 21 heavy (non-hydrogen) atoms. The second kappa shape index (κ2) is 5.53. The molecule has 0 bridgehead atoms. The molecule has 0 fully saturated rings. The molecule has 2 heterocycles. The summed E-state index contributed by atoms with van der Waals surface area (Å²) in [5.74, 6) is 0.566. The van der Waals surface area contributed by atoms with E-state index < -0.39 is 0 Å². The van der Waals surface area contributed by atoms with Gasteiger partial charge in [-0.1, -0.05) is 12.1 Å². The van der Waals surface area contributed by atoms with Crippen LogP contribution in [0.2, 0.25) is 0 Å². The number of nitrogens with zero attached hydrogens (tertiary/aromatic N) is 7. The number of benzene rings is 1. The summed E-state index contributed by atoms with van der Waals surface area (Å²) < 4.78 is 1.34. The molecular formula is C13H14N8. The molecule has 0 amide bonds. The molecule has 0 saturated carbocycles. The summed E-state index contributed by atoms with van der Waals surface area (Å²) in [4.78, 5) is 2.05. The van der Waals surface area contributed by atoms with E-state index >= 15 is 0 Å². The minimum absolute atomic E-state index is 0.566. The highest BCUT2D eigenvalue weighted by molar-refractivity contribution is 5.80. The minimum atomic E-state index is 0.566. The zero-order chi connectivity index (χ0) is 14.7. The number of nitrogens with one attached hydrogen (secondary N) is 1. The van der Waals surface area contributed by atoms with Crippen LogP contribution in [0.25, 0.3) is 5.65 Å². The first-order chi connectivity index (χ1) is 10.2. The van der Waals surface area contributed by atoms with Crippen LogP contribution in [0.15, 0.2) is 41.5 Å². The molecule has 0 atom stereocenters. The van der Waals surface area contributed by atoms with Crippen molar-refractivity contribution < 1.29 is 0 Å². The van der Waals surface area contributed by atoms with Crippen LogP contribution in [0.5, 0.6) is 0 Å². The molecule has 0 aliphatic heterocycles. The Morgan fingerprint density at radius 2 is 1.95 bits per heavy atom. The molecule has 2 aromatic heterocycles. The molecule has 1 aromatic carbocycles. The zero-order valence-electron chi connectivity index (χ0n) is 11.7. The Kier molecular flexibility index (Phi) is 3.42. The van der Waals surface area contributed by atoms with Gasteiger partial charge in [0.25, 0.3) is 0 Å². The predicted octanol–water partition coefficient (Wildman–Crippen LogP) is 1.03. The lowest BCUT2D eigenvalue weighted by atomic mass is 10.2. The van der Waals surface area contributed by atoms with Crippen molar-refractivity contribution in [3.63, 3.8) is 0 Å². The number of aromatic nitrogens is 5. The Bertz CT molecular complexity index is 759. The maximum absolute atomic E-state index is 4.15. The number of anilines is 2. The van der Waals surface area contributed by atoms with Gasteiger partial charge in [0.05, 0.1) is 6.21 Å². The van der Waals surface area contributed by atoms with E-state index in [1.165, 1.54) is 4.63 Å². The van der Waals surface area contributed by atoms with E-state index in [-0.39, 0.29) is 0 Å². The molecular weight excluding hydrogens is 268 g/mol. The van der Waals surface area contributed by atoms with E-state index in [0.717, 1.165) is 11.3 Å². The molecule has 0 saturated heterocycles. The van der Waals surface area contributed by atoms with Crippen LogP contribution < -0.4 is 10.3 Å². The minimum Gasteiger partial charge on any atom is -0.378 e. The highest BCUT2D eigenvalue weighted by atomic mass is 15.6. The Morgan fingerprint density at radius 1 is 1.14 bits per heavy atom. The standard InChI is InChI=1S/C13H14N8/c1-20(2)11-5-3-10(4-6-11)9-14-15-12-7-8-13-16-18-19-21(13)17-12/h3-9H,1-2H3,(H,15,17)/b14-9-. The maximum atomic E-state index is 4.15. The monoisotopic (exact) mass is 282 g/mol. The maximum Gasteiger partial charge on any atom is 0.200 e. The lowest BCUT2D eigenvalue weighted by molar-refractivity contribution is 0.735. The topological polar surface area (TPSA) is 83.6 Å². The third-order valence-corrected chi connectivity index (χ3v) is 2.87. The Hall–Kier alpha value is -3.03. The highest BCUT2D eigenvalue weighted by Gasteiger charge is 1.99. The van der Waals surface area contributed by atoms with Crippen molar-refractivity contribution in [2.24, 2.45) is 5.10 Å². The number of fused-ring (bicyclic) bond motifs is 1. The normalized spacial score (nSPS) is 11.1. The fourth-order valence-corrected chi connectivity index (χ4v) is 1.74. The molecule has 0 aliphatic carbocycles. The van der Waals surface area contributed by atoms with Crippen molar-refractivity contribution in [3.8, 4) is 0 Å². The van der Waals surface area contributed by atoms with Crippen molar-refractivity contribution in [1.29, 1.82) is 0 Å². The first kappa shape index (κ1) is 13.0. The van der Waals surface area contributed by atoms with Crippen molar-refractivity contribution in [1.82, 2.24) is 25.3 Å². The summed E-state index contributed by atoms with van der Waals surface area (Å²) in [6.07, 6.45) is 1.73. The Balaban J connectivity index is 1.68. The van der Waals surface area contributed by atoms with Crippen molar-refractivity contribution in [2.75, 3.05) is 24.4 Å². The second-order valence-electron chi connectivity index (χ2n) is 4.60. The zero-order valence-corrected chi connectivity index (χ0v) is 11.7. The van der Waals surface area contributed by atoms with Crippen LogP contribution in [0.3, 0.4) is 0 Å². The van der Waals surface area contributed by atoms with Crippen LogP contribution in [-0.4, -0.2) is 45.6 Å². The van der Waals surface area contributed by atoms with E-state index in [1.54, 1.807) is 18.3 Å². The summed E-state index contributed by atoms with van der Waals surface area (Å²) in [5.41, 5.74) is 5.57. The quantitative estimate of drug-likeness (QED) is 0.568. The molecule has 0 aliphatic rings. The first-order valence-corrected chi connectivity index (χ1v) is 6.34. The van der Waals surface area contributed by atoms with Crippen molar-refractivity contribution in [3.05, 3.63) is 42.0 Å². The van der Waals surface area contributed by atoms with Crippen LogP contribution in [0.1, 0.15) is 5.56 Å². The van der Waals surface area contributed by atoms with Crippen LogP contribution in [0, 0.1) is 0 Å². The fraction of sp³-hybridized carbons (Fsp3) is 0.154. The van der Waals surface area contributed by atoms with Gasteiger partial charge >= 0.3 is 0 Å². The summed E-state index contributed by atoms with van der Waals surface area (Å²) in [7, 11) is 4.01. The Labute approximate surface area is 121 Å². The second-order valence-corrected chi connectivity index (χ2v) is 4.60. The summed E-state index contributed by atoms with van der Waals surface area (Å²) in [6.45, 7) is 0. The summed E-state index contributed by atoms with van der Waals surface area (Å²) in [6, 6.07) is 11.6. The van der Waals surface area contributed by atoms with Gasteiger partial charge in [-0.15, -0.1) is 14.8 Å². The van der Waals surface area contributed by atoms with E-state index in [0.29, 0.717) is 11.5 Å². The summed E-state index contributed by atoms with van der Waals surface area (Å²) in [5, 5.41) is 19.3. The van der Waals surface area contributed by atoms with Crippen LogP contribution >= 0.6 is 0 Å². The third kappa shape index (κ3) is 2.94. The van der Waals surface area contributed by atoms with E-state index in [4.69, 9.17) is 0 Å². The van der Waals surface area contributed by atoms with E-state index in [9.17, 15) is 0 Å². The largest absolute Gasteiger partial charge is 0.378 e. The van der Waals surface area contributed by atoms with Crippen molar-refractivity contribution in [2.45, 2.75) is 0 Å². The van der Waals surface area contributed by atoms with Gasteiger partial charge in [-0.2, -0.15) is 5.10 Å². The molecule has 0 spiro atoms. The average Bonchev–Trinajstić information content (AvgIpc) is 2.95. The number of hydrogen-bond acceptors (Lipinski definition) is 7. The van der Waals surface area contributed by atoms with Gasteiger partial charge in [-0.3, -0.25) is 5.43 Å². The fourth-order valence-electron chi connectivity index (χ4n) is 1.74. The molecule has 3 rings (SSSR count). The van der Waals surface area contributed by atoms with E-state index in [1.807, 2.05) is 43.3 Å². The Morgan fingerprint density at radius 3 is 2.71 bits per heavy atom. The molecule has 0 radical (unpaired) electrons. The van der Waals surface area contributed by atoms with Gasteiger partial charge in [-0.05, 0) is 40.3 Å². The van der Waals surface area contributed by atoms with E-state index in [2.05, 4.69) is 31.2 Å². The number of tetrazole rings is 1. The molecule has 8 nitrogen and oxygen atoms in total. The third-order valence-electron chi connectivity index (χ3n) is 2.87. The lowest BCUT2D eigenvalue weighted by Gasteiger charge is -2.11. The van der Waals surface area contributed by atoms with Gasteiger partial charge in [0, 0.05) is 19.8 Å². The van der Waals surface area contributed by atoms with Gasteiger partial charge in [-0.25, -0.2) is 0 Å². The molecule has 106 valence electrons. The first-order valence-electron chi connectivity index (χ1n) is 6.34. The van der Waals surface area contributed by atoms with Crippen molar-refractivity contribution >= 4 is 23.4 Å². The number of hydrazone groups is 1. The number of rotatable bonds is 4. The van der Waals surface area contributed by atoms with Gasteiger partial charge < -0.3 is 4.90 Å². The molecule has 1 N–H and O–H groups in total. The molecule has 3 aromatic rings. The lowest BCUT2D eigenvalue weighted by Crippen LogP contribution is -2.08. The predicted molar refractivity (Wildman–Crippen MR) is 80.6 cm³/mol. The van der Waals surface area contributed by atoms with Gasteiger partial charge in [0.1, 0.15) is 0 Å². The smallest absolute Gasteiger partial charge is 0.200 e. The molecule has 0 unspecified atom stereocenters. The summed E-state index contributed by atoms with van der Waals surface area (Å²) >= 11 is 0. The number of hydrogen-bond donors (Lipinski definition) is 1. The molecule has 8 heteroatoms. The van der Waals surface area contributed by atoms with Crippen LogP contribution in [0.4, 0.5) is 11.5 Å². The van der Waals surface area contributed by atoms with Gasteiger partial charge in [0.15, 0.2) is 11.5 Å². The van der Waals surface area contributed by atoms with Crippen LogP contribution in [-0.2, 0) is 0 Å². The van der Waals surface area contributed by atoms with Gasteiger partial charge in [0.2, 0.25) is 0 Å². The average molecular weight is 282 g/mol.